The van der Waals surface area contributed by atoms with Gasteiger partial charge in [-0.25, -0.2) is 4.79 Å². The molecule has 1 rings (SSSR count). The van der Waals surface area contributed by atoms with Gasteiger partial charge < -0.3 is 15.7 Å². The Bertz CT molecular complexity index is 265. The fourth-order valence-electron chi connectivity index (χ4n) is 2.48. The molecule has 0 bridgehead atoms. The zero-order valence-corrected chi connectivity index (χ0v) is 12.0. The lowest BCUT2D eigenvalue weighted by Gasteiger charge is -2.28. The third-order valence-electron chi connectivity index (χ3n) is 3.63. The number of aliphatic hydroxyl groups excluding tert-OH is 1. The number of amides is 2. The van der Waals surface area contributed by atoms with Gasteiger partial charge in [0.1, 0.15) is 0 Å². The first kappa shape index (κ1) is 15.3. The fraction of sp³-hybridized carbons (Fsp3) is 0.929. The van der Waals surface area contributed by atoms with Crippen molar-refractivity contribution in [3.63, 3.8) is 0 Å². The van der Waals surface area contributed by atoms with E-state index in [2.05, 4.69) is 31.4 Å². The topological polar surface area (TPSA) is 61.4 Å². The van der Waals surface area contributed by atoms with E-state index in [0.717, 1.165) is 38.5 Å². The SMILES string of the molecule is CC(C)(C)CCCNC(=O)NC1(CO)CCCC1. The molecule has 0 saturated heterocycles. The molecule has 1 aliphatic carbocycles. The summed E-state index contributed by atoms with van der Waals surface area (Å²) in [6, 6.07) is -0.139. The molecule has 0 aromatic carbocycles. The van der Waals surface area contributed by atoms with Crippen molar-refractivity contribution in [2.45, 2.75) is 64.8 Å². The van der Waals surface area contributed by atoms with Crippen LogP contribution >= 0.6 is 0 Å². The maximum Gasteiger partial charge on any atom is 0.315 e. The first-order chi connectivity index (χ1) is 8.37. The van der Waals surface area contributed by atoms with Crippen LogP contribution in [0, 0.1) is 5.41 Å². The van der Waals surface area contributed by atoms with Crippen molar-refractivity contribution in [1.29, 1.82) is 0 Å². The Morgan fingerprint density at radius 2 is 1.89 bits per heavy atom. The van der Waals surface area contributed by atoms with Gasteiger partial charge >= 0.3 is 6.03 Å². The van der Waals surface area contributed by atoms with Crippen LogP contribution in [0.2, 0.25) is 0 Å². The van der Waals surface area contributed by atoms with E-state index >= 15 is 0 Å². The summed E-state index contributed by atoms with van der Waals surface area (Å²) < 4.78 is 0. The molecule has 0 aliphatic heterocycles. The molecule has 0 radical (unpaired) electrons. The van der Waals surface area contributed by atoms with Crippen LogP contribution in [-0.2, 0) is 0 Å². The summed E-state index contributed by atoms with van der Waals surface area (Å²) in [5, 5.41) is 15.2. The van der Waals surface area contributed by atoms with Crippen LogP contribution in [0.1, 0.15) is 59.3 Å². The number of rotatable bonds is 5. The summed E-state index contributed by atoms with van der Waals surface area (Å²) in [6.07, 6.45) is 6.04. The van der Waals surface area contributed by atoms with Crippen LogP contribution in [0.15, 0.2) is 0 Å². The van der Waals surface area contributed by atoms with E-state index in [1.807, 2.05) is 0 Å². The van der Waals surface area contributed by atoms with E-state index in [-0.39, 0.29) is 18.2 Å². The van der Waals surface area contributed by atoms with Crippen molar-refractivity contribution >= 4 is 6.03 Å². The van der Waals surface area contributed by atoms with Gasteiger partial charge in [-0.15, -0.1) is 0 Å². The zero-order chi connectivity index (χ0) is 13.6. The van der Waals surface area contributed by atoms with Crippen LogP contribution in [0.5, 0.6) is 0 Å². The molecule has 1 aliphatic rings. The number of carbonyl (C=O) groups excluding carboxylic acids is 1. The lowest BCUT2D eigenvalue weighted by Crippen LogP contribution is -2.53. The largest absolute Gasteiger partial charge is 0.394 e. The van der Waals surface area contributed by atoms with Crippen molar-refractivity contribution in [2.75, 3.05) is 13.2 Å². The van der Waals surface area contributed by atoms with Crippen molar-refractivity contribution in [3.8, 4) is 0 Å². The minimum absolute atomic E-state index is 0.0441. The minimum Gasteiger partial charge on any atom is -0.394 e. The number of aliphatic hydroxyl groups is 1. The summed E-state index contributed by atoms with van der Waals surface area (Å²) in [7, 11) is 0. The summed E-state index contributed by atoms with van der Waals surface area (Å²) in [4.78, 5) is 11.8. The van der Waals surface area contributed by atoms with E-state index in [1.165, 1.54) is 0 Å². The second-order valence-corrected chi connectivity index (χ2v) is 6.69. The van der Waals surface area contributed by atoms with Crippen LogP contribution in [-0.4, -0.2) is 29.8 Å². The van der Waals surface area contributed by atoms with Gasteiger partial charge in [0.2, 0.25) is 0 Å². The quantitative estimate of drug-likeness (QED) is 0.662. The highest BCUT2D eigenvalue weighted by atomic mass is 16.3. The van der Waals surface area contributed by atoms with Crippen LogP contribution in [0.25, 0.3) is 0 Å². The Balaban J connectivity index is 2.21. The van der Waals surface area contributed by atoms with Crippen LogP contribution in [0.4, 0.5) is 4.79 Å². The second-order valence-electron chi connectivity index (χ2n) is 6.69. The molecule has 4 heteroatoms. The molecule has 1 saturated carbocycles. The first-order valence-electron chi connectivity index (χ1n) is 7.04. The van der Waals surface area contributed by atoms with E-state index in [9.17, 15) is 9.90 Å². The van der Waals surface area contributed by atoms with Gasteiger partial charge in [0.05, 0.1) is 12.1 Å². The molecule has 4 nitrogen and oxygen atoms in total. The molecule has 0 aromatic rings. The van der Waals surface area contributed by atoms with Gasteiger partial charge in [-0.3, -0.25) is 0 Å². The maximum atomic E-state index is 11.8. The predicted molar refractivity (Wildman–Crippen MR) is 73.5 cm³/mol. The van der Waals surface area contributed by atoms with Gasteiger partial charge in [-0.05, 0) is 31.1 Å². The molecule has 0 atom stereocenters. The van der Waals surface area contributed by atoms with Crippen molar-refractivity contribution in [2.24, 2.45) is 5.41 Å². The summed E-state index contributed by atoms with van der Waals surface area (Å²) in [5.74, 6) is 0. The third kappa shape index (κ3) is 5.25. The Morgan fingerprint density at radius 1 is 1.28 bits per heavy atom. The molecular formula is C14H28N2O2. The fourth-order valence-corrected chi connectivity index (χ4v) is 2.48. The lowest BCUT2D eigenvalue weighted by molar-refractivity contribution is 0.162. The predicted octanol–water partition coefficient (Wildman–Crippen LogP) is 2.42. The molecular weight excluding hydrogens is 228 g/mol. The Labute approximate surface area is 111 Å². The van der Waals surface area contributed by atoms with Gasteiger partial charge in [0.25, 0.3) is 0 Å². The Morgan fingerprint density at radius 3 is 2.39 bits per heavy atom. The number of carbonyl (C=O) groups is 1. The van der Waals surface area contributed by atoms with E-state index in [1.54, 1.807) is 0 Å². The lowest BCUT2D eigenvalue weighted by atomic mass is 9.91. The van der Waals surface area contributed by atoms with E-state index in [4.69, 9.17) is 0 Å². The third-order valence-corrected chi connectivity index (χ3v) is 3.63. The zero-order valence-electron chi connectivity index (χ0n) is 12.0. The summed E-state index contributed by atoms with van der Waals surface area (Å²) in [6.45, 7) is 7.35. The molecule has 3 N–H and O–H groups in total. The molecule has 0 spiro atoms. The molecule has 1 fully saturated rings. The van der Waals surface area contributed by atoms with Crippen LogP contribution < -0.4 is 10.6 Å². The Hall–Kier alpha value is -0.770. The number of hydrogen-bond donors (Lipinski definition) is 3. The molecule has 0 aromatic heterocycles. The first-order valence-corrected chi connectivity index (χ1v) is 7.04. The minimum atomic E-state index is -0.367. The second kappa shape index (κ2) is 6.41. The van der Waals surface area contributed by atoms with Gasteiger partial charge in [0.15, 0.2) is 0 Å². The molecule has 0 heterocycles. The Kier molecular flexibility index (Phi) is 5.45. The standard InChI is InChI=1S/C14H28N2O2/c1-13(2,3)7-6-10-15-12(18)16-14(11-17)8-4-5-9-14/h17H,4-11H2,1-3H3,(H2,15,16,18). The van der Waals surface area contributed by atoms with E-state index < -0.39 is 0 Å². The number of urea groups is 1. The molecule has 106 valence electrons. The molecule has 18 heavy (non-hydrogen) atoms. The summed E-state index contributed by atoms with van der Waals surface area (Å²) in [5.41, 5.74) is -0.0515. The average molecular weight is 256 g/mol. The summed E-state index contributed by atoms with van der Waals surface area (Å²) >= 11 is 0. The highest BCUT2D eigenvalue weighted by molar-refractivity contribution is 5.74. The highest BCUT2D eigenvalue weighted by Crippen LogP contribution is 2.28. The highest BCUT2D eigenvalue weighted by Gasteiger charge is 2.34. The van der Waals surface area contributed by atoms with Crippen molar-refractivity contribution in [1.82, 2.24) is 10.6 Å². The number of nitrogens with one attached hydrogen (secondary N) is 2. The number of hydrogen-bond acceptors (Lipinski definition) is 2. The van der Waals surface area contributed by atoms with Crippen LogP contribution in [0.3, 0.4) is 0 Å². The normalized spacial score (nSPS) is 18.7. The van der Waals surface area contributed by atoms with E-state index in [0.29, 0.717) is 12.0 Å². The maximum absolute atomic E-state index is 11.8. The smallest absolute Gasteiger partial charge is 0.315 e. The average Bonchev–Trinajstić information content (AvgIpc) is 2.72. The van der Waals surface area contributed by atoms with Gasteiger partial charge in [-0.2, -0.15) is 0 Å². The van der Waals surface area contributed by atoms with Crippen molar-refractivity contribution in [3.05, 3.63) is 0 Å². The van der Waals surface area contributed by atoms with Gasteiger partial charge in [-0.1, -0.05) is 33.6 Å². The molecule has 0 unspecified atom stereocenters. The van der Waals surface area contributed by atoms with Crippen molar-refractivity contribution < 1.29 is 9.90 Å². The monoisotopic (exact) mass is 256 g/mol. The molecule has 2 amide bonds. The van der Waals surface area contributed by atoms with Gasteiger partial charge in [0, 0.05) is 6.54 Å².